The number of phosphoric ester groups is 1. The first-order chi connectivity index (χ1) is 42.0. The summed E-state index contributed by atoms with van der Waals surface area (Å²) >= 11 is 0. The molecule has 0 fully saturated rings. The van der Waals surface area contributed by atoms with Gasteiger partial charge in [0.1, 0.15) is 19.8 Å². The zero-order chi connectivity index (χ0) is 62.6. The molecule has 0 saturated carbocycles. The van der Waals surface area contributed by atoms with Gasteiger partial charge >= 0.3 is 11.9 Å². The Morgan fingerprint density at radius 3 is 0.930 bits per heavy atom. The van der Waals surface area contributed by atoms with Crippen LogP contribution in [0.2, 0.25) is 0 Å². The minimum absolute atomic E-state index is 0.0410. The summed E-state index contributed by atoms with van der Waals surface area (Å²) in [6.07, 6.45) is 96.4. The van der Waals surface area contributed by atoms with Gasteiger partial charge in [-0.15, -0.1) is 0 Å². The van der Waals surface area contributed by atoms with Crippen molar-refractivity contribution in [1.82, 2.24) is 0 Å². The maximum atomic E-state index is 12.9. The van der Waals surface area contributed by atoms with Crippen LogP contribution in [0.4, 0.5) is 0 Å². The van der Waals surface area contributed by atoms with Crippen molar-refractivity contribution in [1.29, 1.82) is 0 Å². The molecule has 0 amide bonds. The molecule has 0 heterocycles. The van der Waals surface area contributed by atoms with Gasteiger partial charge in [-0.25, -0.2) is 0 Å². The SMILES string of the molecule is CC/C=C\C/C=C\C/C=C\C/C=C\C/C=C\C/C=C\CCCCCCCCCCCCCCCCCCCCCCC(=O)OC(COC(=O)CCCCCC/C=C\C/C=C\C/C=C\C/C=C\C/C=C\C/C=C\CC)COP(=O)([O-])OCC[N+](C)(C)C. The monoisotopic (exact) mass is 1210 g/mol. The van der Waals surface area contributed by atoms with Crippen molar-refractivity contribution in [3.05, 3.63) is 146 Å². The Labute approximate surface area is 529 Å². The normalized spacial score (nSPS) is 14.1. The number of ether oxygens (including phenoxy) is 2. The standard InChI is InChI=1S/C76H128NO8P/c1-6-8-10-12-14-16-18-20-22-24-26-28-30-31-32-33-34-35-36-37-38-39-40-41-42-43-44-45-47-49-51-53-55-57-59-61-63-65-67-69-76(79)85-74(73-84-86(80,81)83-71-70-77(3,4)5)72-82-75(78)68-66-64-62-60-58-56-54-52-50-48-46-29-27-25-23-21-19-17-15-13-11-9-7-2/h8-11,14-17,20-23,26-29,31-32,34-35,48,50,54,56,74H,6-7,12-13,18-19,24-25,30,33,36-47,49,51-53,55,57-73H2,1-5H3/b10-8-,11-9-,16-14-,17-15-,22-20-,23-21-,28-26-,29-27-,32-31-,35-34-,50-48-,56-54-. The number of phosphoric acid groups is 1. The smallest absolute Gasteiger partial charge is 0.306 e. The Morgan fingerprint density at radius 1 is 0.360 bits per heavy atom. The second kappa shape index (κ2) is 65.3. The summed E-state index contributed by atoms with van der Waals surface area (Å²) in [5.74, 6) is -0.863. The lowest BCUT2D eigenvalue weighted by molar-refractivity contribution is -0.870. The van der Waals surface area contributed by atoms with Gasteiger partial charge in [0.15, 0.2) is 6.10 Å². The topological polar surface area (TPSA) is 111 Å². The first-order valence-electron chi connectivity index (χ1n) is 34.5. The van der Waals surface area contributed by atoms with E-state index in [1.54, 1.807) is 0 Å². The highest BCUT2D eigenvalue weighted by atomic mass is 31.2. The van der Waals surface area contributed by atoms with Crippen LogP contribution < -0.4 is 4.89 Å². The third-order valence-corrected chi connectivity index (χ3v) is 15.3. The molecule has 0 aromatic rings. The van der Waals surface area contributed by atoms with Crippen LogP contribution in [0, 0.1) is 0 Å². The van der Waals surface area contributed by atoms with E-state index in [1.807, 2.05) is 21.1 Å². The zero-order valence-electron chi connectivity index (χ0n) is 55.7. The molecule has 0 aliphatic rings. The molecule has 0 N–H and O–H groups in total. The quantitative estimate of drug-likeness (QED) is 0.0195. The predicted molar refractivity (Wildman–Crippen MR) is 369 cm³/mol. The molecule has 0 aromatic heterocycles. The maximum Gasteiger partial charge on any atom is 0.306 e. The predicted octanol–water partition coefficient (Wildman–Crippen LogP) is 22.0. The number of allylic oxidation sites excluding steroid dienone is 24. The lowest BCUT2D eigenvalue weighted by Crippen LogP contribution is -2.37. The summed E-state index contributed by atoms with van der Waals surface area (Å²) in [7, 11) is 1.14. The number of esters is 2. The zero-order valence-corrected chi connectivity index (χ0v) is 56.6. The summed E-state index contributed by atoms with van der Waals surface area (Å²) in [4.78, 5) is 38.0. The van der Waals surface area contributed by atoms with Crippen LogP contribution in [0.5, 0.6) is 0 Å². The number of carbonyl (C=O) groups is 2. The number of nitrogens with zero attached hydrogens (tertiary/aromatic N) is 1. The van der Waals surface area contributed by atoms with Crippen LogP contribution in [0.15, 0.2) is 146 Å². The van der Waals surface area contributed by atoms with Gasteiger partial charge in [-0.3, -0.25) is 14.2 Å². The molecule has 0 spiro atoms. The Balaban J connectivity index is 4.05. The van der Waals surface area contributed by atoms with Crippen LogP contribution in [0.3, 0.4) is 0 Å². The van der Waals surface area contributed by atoms with Crippen LogP contribution in [-0.2, 0) is 32.7 Å². The van der Waals surface area contributed by atoms with Crippen LogP contribution in [-0.4, -0.2) is 70.0 Å². The maximum absolute atomic E-state index is 12.9. The molecular formula is C76H128NO8P. The number of carbonyl (C=O) groups excluding carboxylic acids is 2. The van der Waals surface area contributed by atoms with E-state index in [0.29, 0.717) is 23.9 Å². The number of unbranched alkanes of at least 4 members (excludes halogenated alkanes) is 24. The molecule has 0 bridgehead atoms. The van der Waals surface area contributed by atoms with E-state index < -0.39 is 32.5 Å². The van der Waals surface area contributed by atoms with E-state index in [9.17, 15) is 19.0 Å². The average molecular weight is 1210 g/mol. The number of quaternary nitrogens is 1. The number of rotatable bonds is 62. The molecule has 2 unspecified atom stereocenters. The second-order valence-corrected chi connectivity index (χ2v) is 25.2. The number of hydrogen-bond acceptors (Lipinski definition) is 8. The van der Waals surface area contributed by atoms with Crippen LogP contribution >= 0.6 is 7.82 Å². The van der Waals surface area contributed by atoms with E-state index in [4.69, 9.17) is 18.5 Å². The van der Waals surface area contributed by atoms with Gasteiger partial charge in [0.25, 0.3) is 7.82 Å². The Bertz CT molecular complexity index is 1960. The highest BCUT2D eigenvalue weighted by Crippen LogP contribution is 2.38. The summed E-state index contributed by atoms with van der Waals surface area (Å²) in [6.45, 7) is 3.98. The minimum atomic E-state index is -4.66. The van der Waals surface area contributed by atoms with Gasteiger partial charge in [-0.2, -0.15) is 0 Å². The van der Waals surface area contributed by atoms with Crippen LogP contribution in [0.25, 0.3) is 0 Å². The highest BCUT2D eigenvalue weighted by Gasteiger charge is 2.22. The molecule has 0 aliphatic heterocycles. The molecular weight excluding hydrogens is 1090 g/mol. The van der Waals surface area contributed by atoms with Crippen molar-refractivity contribution in [3.63, 3.8) is 0 Å². The van der Waals surface area contributed by atoms with E-state index in [0.717, 1.165) is 122 Å². The summed E-state index contributed by atoms with van der Waals surface area (Å²) < 4.78 is 34.3. The van der Waals surface area contributed by atoms with E-state index in [2.05, 4.69) is 160 Å². The largest absolute Gasteiger partial charge is 0.756 e. The van der Waals surface area contributed by atoms with Crippen molar-refractivity contribution in [2.75, 3.05) is 47.5 Å². The molecule has 10 heteroatoms. The molecule has 490 valence electrons. The first-order valence-corrected chi connectivity index (χ1v) is 36.0. The Hall–Kier alpha value is -4.11. The van der Waals surface area contributed by atoms with Gasteiger partial charge in [-0.1, -0.05) is 288 Å². The van der Waals surface area contributed by atoms with Gasteiger partial charge < -0.3 is 27.9 Å². The van der Waals surface area contributed by atoms with Crippen molar-refractivity contribution < 1.29 is 42.1 Å². The number of likely N-dealkylation sites (N-methyl/N-ethyl adjacent to an activating group) is 1. The molecule has 0 aliphatic carbocycles. The fourth-order valence-electron chi connectivity index (χ4n) is 9.14. The first kappa shape index (κ1) is 81.9. The fraction of sp³-hybridized carbons (Fsp3) is 0.658. The summed E-state index contributed by atoms with van der Waals surface area (Å²) in [6, 6.07) is 0. The molecule has 9 nitrogen and oxygen atoms in total. The molecule has 2 atom stereocenters. The number of hydrogen-bond donors (Lipinski definition) is 0. The minimum Gasteiger partial charge on any atom is -0.756 e. The fourth-order valence-corrected chi connectivity index (χ4v) is 9.86. The molecule has 0 aromatic carbocycles. The third kappa shape index (κ3) is 69.0. The summed E-state index contributed by atoms with van der Waals surface area (Å²) in [5.41, 5.74) is 0. The van der Waals surface area contributed by atoms with Crippen molar-refractivity contribution >= 4 is 19.8 Å². The Kier molecular flexibility index (Phi) is 62.2. The van der Waals surface area contributed by atoms with Crippen molar-refractivity contribution in [2.45, 2.75) is 277 Å². The van der Waals surface area contributed by atoms with Crippen molar-refractivity contribution in [2.24, 2.45) is 0 Å². The van der Waals surface area contributed by atoms with E-state index >= 15 is 0 Å². The van der Waals surface area contributed by atoms with Crippen LogP contribution in [0.1, 0.15) is 271 Å². The van der Waals surface area contributed by atoms with Gasteiger partial charge in [0.05, 0.1) is 27.7 Å². The average Bonchev–Trinajstić information content (AvgIpc) is 3.56. The van der Waals surface area contributed by atoms with Gasteiger partial charge in [0, 0.05) is 12.8 Å². The van der Waals surface area contributed by atoms with E-state index in [1.165, 1.54) is 109 Å². The van der Waals surface area contributed by atoms with Crippen molar-refractivity contribution in [3.8, 4) is 0 Å². The van der Waals surface area contributed by atoms with E-state index in [-0.39, 0.29) is 26.1 Å². The highest BCUT2D eigenvalue weighted by molar-refractivity contribution is 7.45. The molecule has 0 radical (unpaired) electrons. The molecule has 86 heavy (non-hydrogen) atoms. The Morgan fingerprint density at radius 2 is 0.628 bits per heavy atom. The van der Waals surface area contributed by atoms with Gasteiger partial charge in [-0.05, 0) is 116 Å². The molecule has 0 saturated heterocycles. The lowest BCUT2D eigenvalue weighted by Gasteiger charge is -2.28. The molecule has 0 rings (SSSR count). The second-order valence-electron chi connectivity index (χ2n) is 23.8. The lowest BCUT2D eigenvalue weighted by atomic mass is 10.0. The van der Waals surface area contributed by atoms with Gasteiger partial charge in [0.2, 0.25) is 0 Å². The third-order valence-electron chi connectivity index (χ3n) is 14.4. The summed E-state index contributed by atoms with van der Waals surface area (Å²) in [5, 5.41) is 0.